The molecule has 1 amide bonds. The largest absolute Gasteiger partial charge is 0.487 e. The number of carboxylic acids is 1. The van der Waals surface area contributed by atoms with Crippen molar-refractivity contribution in [3.05, 3.63) is 95.1 Å². The number of carboxylic acid groups (broad SMARTS) is 1. The molecule has 3 rings (SSSR count). The fourth-order valence-electron chi connectivity index (χ4n) is 3.08. The molecule has 0 aliphatic heterocycles. The highest BCUT2D eigenvalue weighted by molar-refractivity contribution is 14.1. The van der Waals surface area contributed by atoms with Gasteiger partial charge in [-0.25, -0.2) is 4.79 Å². The minimum atomic E-state index is -0.973. The number of hydrogen-bond donors (Lipinski definition) is 2. The first kappa shape index (κ1) is 25.7. The third-order valence-corrected chi connectivity index (χ3v) is 6.52. The van der Waals surface area contributed by atoms with Crippen LogP contribution in [0.2, 0.25) is 0 Å². The molecule has 0 saturated carbocycles. The number of hydrogen-bond acceptors (Lipinski definition) is 4. The fraction of sp³-hybridized carbons (Fsp3) is 0.115. The number of rotatable bonds is 7. The Labute approximate surface area is 224 Å². The number of amides is 1. The standard InChI is InChI=1S/C26H20I2N2O4/c1-15-3-4-16(2)23(9-15)30-25(31)20(13-29)10-18-11-21(27)24(22(28)12-18)34-14-17-5-7-19(8-6-17)26(32)33/h3-12H,14H2,1-2H3,(H,30,31)(H,32,33)/b20-10+. The van der Waals surface area contributed by atoms with Gasteiger partial charge < -0.3 is 15.2 Å². The van der Waals surface area contributed by atoms with Crippen LogP contribution in [0.3, 0.4) is 0 Å². The summed E-state index contributed by atoms with van der Waals surface area (Å²) in [5.41, 5.74) is 4.38. The summed E-state index contributed by atoms with van der Waals surface area (Å²) in [6.07, 6.45) is 1.55. The van der Waals surface area contributed by atoms with Crippen LogP contribution in [-0.2, 0) is 11.4 Å². The highest BCUT2D eigenvalue weighted by atomic mass is 127. The average Bonchev–Trinajstić information content (AvgIpc) is 2.79. The number of aryl methyl sites for hydroxylation is 2. The highest BCUT2D eigenvalue weighted by Gasteiger charge is 2.14. The number of carbonyl (C=O) groups excluding carboxylic acids is 1. The second-order valence-corrected chi connectivity index (χ2v) is 9.87. The van der Waals surface area contributed by atoms with Crippen molar-refractivity contribution >= 4 is 68.8 Å². The van der Waals surface area contributed by atoms with Crippen LogP contribution < -0.4 is 10.1 Å². The van der Waals surface area contributed by atoms with Gasteiger partial charge in [-0.3, -0.25) is 4.79 Å². The van der Waals surface area contributed by atoms with Crippen molar-refractivity contribution in [2.75, 3.05) is 5.32 Å². The zero-order valence-corrected chi connectivity index (χ0v) is 22.7. The van der Waals surface area contributed by atoms with Gasteiger partial charge in [-0.15, -0.1) is 0 Å². The lowest BCUT2D eigenvalue weighted by molar-refractivity contribution is -0.112. The monoisotopic (exact) mass is 678 g/mol. The van der Waals surface area contributed by atoms with Gasteiger partial charge in [0, 0.05) is 5.69 Å². The summed E-state index contributed by atoms with van der Waals surface area (Å²) in [7, 11) is 0. The molecule has 3 aromatic rings. The summed E-state index contributed by atoms with van der Waals surface area (Å²) in [6.45, 7) is 4.12. The molecule has 3 aromatic carbocycles. The maximum atomic E-state index is 12.7. The van der Waals surface area contributed by atoms with Crippen molar-refractivity contribution in [1.82, 2.24) is 0 Å². The molecule has 0 heterocycles. The van der Waals surface area contributed by atoms with E-state index in [0.717, 1.165) is 23.8 Å². The van der Waals surface area contributed by atoms with E-state index in [1.807, 2.05) is 50.2 Å². The van der Waals surface area contributed by atoms with Crippen molar-refractivity contribution < 1.29 is 19.4 Å². The predicted octanol–water partition coefficient (Wildman–Crippen LogP) is 6.34. The van der Waals surface area contributed by atoms with Crippen molar-refractivity contribution in [1.29, 1.82) is 5.26 Å². The minimum absolute atomic E-state index is 0.000283. The van der Waals surface area contributed by atoms with E-state index >= 15 is 0 Å². The van der Waals surface area contributed by atoms with Crippen LogP contribution in [0.15, 0.2) is 60.2 Å². The number of carbonyl (C=O) groups is 2. The predicted molar refractivity (Wildman–Crippen MR) is 148 cm³/mol. The lowest BCUT2D eigenvalue weighted by atomic mass is 10.1. The van der Waals surface area contributed by atoms with E-state index in [-0.39, 0.29) is 17.7 Å². The summed E-state index contributed by atoms with van der Waals surface area (Å²) in [5, 5.41) is 21.4. The molecule has 0 aliphatic carbocycles. The summed E-state index contributed by atoms with van der Waals surface area (Å²) < 4.78 is 7.61. The van der Waals surface area contributed by atoms with Gasteiger partial charge >= 0.3 is 5.97 Å². The SMILES string of the molecule is Cc1ccc(C)c(NC(=O)/C(C#N)=C/c2cc(I)c(OCc3ccc(C(=O)O)cc3)c(I)c2)c1. The molecule has 0 fully saturated rings. The van der Waals surface area contributed by atoms with E-state index in [2.05, 4.69) is 50.5 Å². The zero-order valence-electron chi connectivity index (χ0n) is 18.4. The molecule has 6 nitrogen and oxygen atoms in total. The van der Waals surface area contributed by atoms with Crippen LogP contribution in [0, 0.1) is 32.3 Å². The normalized spacial score (nSPS) is 11.0. The summed E-state index contributed by atoms with van der Waals surface area (Å²) in [4.78, 5) is 23.7. The molecule has 0 radical (unpaired) electrons. The minimum Gasteiger partial charge on any atom is -0.487 e. The number of anilines is 1. The van der Waals surface area contributed by atoms with Gasteiger partial charge in [0.15, 0.2) is 0 Å². The van der Waals surface area contributed by atoms with Crippen molar-refractivity contribution in [3.63, 3.8) is 0 Å². The molecule has 2 N–H and O–H groups in total. The van der Waals surface area contributed by atoms with E-state index in [4.69, 9.17) is 9.84 Å². The smallest absolute Gasteiger partial charge is 0.335 e. The summed E-state index contributed by atoms with van der Waals surface area (Å²) in [5.74, 6) is -0.759. The second-order valence-electron chi connectivity index (χ2n) is 7.55. The molecule has 0 aliphatic rings. The second kappa shape index (κ2) is 11.5. The van der Waals surface area contributed by atoms with Crippen molar-refractivity contribution in [3.8, 4) is 11.8 Å². The highest BCUT2D eigenvalue weighted by Crippen LogP contribution is 2.30. The van der Waals surface area contributed by atoms with E-state index in [0.29, 0.717) is 17.0 Å². The Morgan fingerprint density at radius 1 is 1.06 bits per heavy atom. The van der Waals surface area contributed by atoms with Crippen LogP contribution >= 0.6 is 45.2 Å². The number of ether oxygens (including phenoxy) is 1. The van der Waals surface area contributed by atoms with Gasteiger partial charge in [0.1, 0.15) is 24.0 Å². The van der Waals surface area contributed by atoms with E-state index < -0.39 is 11.9 Å². The van der Waals surface area contributed by atoms with Gasteiger partial charge in [0.05, 0.1) is 12.7 Å². The van der Waals surface area contributed by atoms with Crippen LogP contribution in [-0.4, -0.2) is 17.0 Å². The first-order valence-corrected chi connectivity index (χ1v) is 12.3. The Bertz CT molecular complexity index is 1300. The quantitative estimate of drug-likeness (QED) is 0.173. The third kappa shape index (κ3) is 6.57. The molecular formula is C26H20I2N2O4. The first-order valence-electron chi connectivity index (χ1n) is 10.1. The van der Waals surface area contributed by atoms with Crippen LogP contribution in [0.25, 0.3) is 6.08 Å². The number of halogens is 2. The van der Waals surface area contributed by atoms with E-state index in [1.54, 1.807) is 18.2 Å². The van der Waals surface area contributed by atoms with Crippen molar-refractivity contribution in [2.45, 2.75) is 20.5 Å². The van der Waals surface area contributed by atoms with Crippen LogP contribution in [0.4, 0.5) is 5.69 Å². The maximum absolute atomic E-state index is 12.7. The number of nitrogens with one attached hydrogen (secondary N) is 1. The molecule has 172 valence electrons. The Balaban J connectivity index is 1.76. The summed E-state index contributed by atoms with van der Waals surface area (Å²) in [6, 6.07) is 17.9. The molecule has 0 atom stereocenters. The molecule has 0 aromatic heterocycles. The third-order valence-electron chi connectivity index (χ3n) is 4.92. The zero-order chi connectivity index (χ0) is 24.8. The van der Waals surface area contributed by atoms with Gasteiger partial charge in [0.2, 0.25) is 0 Å². The molecule has 0 bridgehead atoms. The number of aromatic carboxylic acids is 1. The lowest BCUT2D eigenvalue weighted by Crippen LogP contribution is -2.14. The molecule has 0 unspecified atom stereocenters. The molecule has 0 saturated heterocycles. The topological polar surface area (TPSA) is 99.4 Å². The number of nitrogens with zero attached hydrogens (tertiary/aromatic N) is 1. The van der Waals surface area contributed by atoms with Crippen LogP contribution in [0.1, 0.15) is 32.6 Å². The van der Waals surface area contributed by atoms with Crippen molar-refractivity contribution in [2.24, 2.45) is 0 Å². The Kier molecular flexibility index (Phi) is 8.68. The number of benzene rings is 3. The van der Waals surface area contributed by atoms with Gasteiger partial charge in [0.25, 0.3) is 5.91 Å². The summed E-state index contributed by atoms with van der Waals surface area (Å²) >= 11 is 4.30. The van der Waals surface area contributed by atoms with Gasteiger partial charge in [-0.2, -0.15) is 5.26 Å². The molecule has 0 spiro atoms. The Morgan fingerprint density at radius 3 is 2.29 bits per heavy atom. The van der Waals surface area contributed by atoms with Crippen LogP contribution in [0.5, 0.6) is 5.75 Å². The number of nitriles is 1. The van der Waals surface area contributed by atoms with Gasteiger partial charge in [-0.05, 0) is 118 Å². The molecule has 34 heavy (non-hydrogen) atoms. The fourth-order valence-corrected chi connectivity index (χ4v) is 5.20. The van der Waals surface area contributed by atoms with Gasteiger partial charge in [-0.1, -0.05) is 24.3 Å². The molecular weight excluding hydrogens is 658 g/mol. The maximum Gasteiger partial charge on any atom is 0.335 e. The average molecular weight is 678 g/mol. The molecule has 8 heteroatoms. The van der Waals surface area contributed by atoms with E-state index in [9.17, 15) is 14.9 Å². The Morgan fingerprint density at radius 2 is 1.71 bits per heavy atom. The first-order chi connectivity index (χ1) is 16.2. The Hall–Kier alpha value is -2.91. The van der Waals surface area contributed by atoms with E-state index in [1.165, 1.54) is 12.1 Å². The lowest BCUT2D eigenvalue weighted by Gasteiger charge is -2.12.